The molecule has 1 unspecified atom stereocenters. The van der Waals surface area contributed by atoms with Crippen LogP contribution in [0.5, 0.6) is 0 Å². The molecule has 1 aromatic rings. The number of nitrogens with one attached hydrogen (secondary N) is 2. The normalized spacial score (nSPS) is 12.0. The number of carbonyl (C=O) groups is 1. The average molecular weight is 240 g/mol. The third-order valence-corrected chi connectivity index (χ3v) is 2.50. The molecule has 0 aliphatic rings. The maximum atomic E-state index is 13.0. The van der Waals surface area contributed by atoms with Crippen LogP contribution < -0.4 is 10.6 Å². The molecule has 0 saturated heterocycles. The summed E-state index contributed by atoms with van der Waals surface area (Å²) in [6.07, 6.45) is 0.631. The number of aliphatic hydroxyl groups is 1. The molecule has 1 atom stereocenters. The molecule has 0 spiro atoms. The molecule has 0 aliphatic heterocycles. The van der Waals surface area contributed by atoms with E-state index in [1.54, 1.807) is 13.0 Å². The lowest BCUT2D eigenvalue weighted by Gasteiger charge is -2.15. The Morgan fingerprint density at radius 1 is 1.53 bits per heavy atom. The Hall–Kier alpha value is -1.62. The predicted molar refractivity (Wildman–Crippen MR) is 64.5 cm³/mol. The minimum absolute atomic E-state index is 0.119. The van der Waals surface area contributed by atoms with Gasteiger partial charge in [0.25, 0.3) is 0 Å². The third kappa shape index (κ3) is 4.03. The van der Waals surface area contributed by atoms with Crippen molar-refractivity contribution in [1.82, 2.24) is 5.32 Å². The van der Waals surface area contributed by atoms with E-state index in [2.05, 4.69) is 10.6 Å². The van der Waals surface area contributed by atoms with Gasteiger partial charge in [0.2, 0.25) is 0 Å². The first-order valence-electron chi connectivity index (χ1n) is 5.51. The molecule has 3 N–H and O–H groups in total. The monoisotopic (exact) mass is 240 g/mol. The molecular weight excluding hydrogens is 223 g/mol. The standard InChI is InChI=1S/C12H17FN2O2/c1-3-10(7-16)14-12(17)15-11-6-9(13)5-4-8(11)2/h4-6,10,16H,3,7H2,1-2H3,(H2,14,15,17). The van der Waals surface area contributed by atoms with E-state index in [4.69, 9.17) is 5.11 Å². The predicted octanol–water partition coefficient (Wildman–Crippen LogP) is 2.03. The summed E-state index contributed by atoms with van der Waals surface area (Å²) in [5.74, 6) is -0.403. The highest BCUT2D eigenvalue weighted by molar-refractivity contribution is 5.90. The second-order valence-electron chi connectivity index (χ2n) is 3.85. The number of rotatable bonds is 4. The summed E-state index contributed by atoms with van der Waals surface area (Å²) < 4.78 is 13.0. The lowest BCUT2D eigenvalue weighted by Crippen LogP contribution is -2.39. The van der Waals surface area contributed by atoms with Crippen molar-refractivity contribution < 1.29 is 14.3 Å². The second-order valence-corrected chi connectivity index (χ2v) is 3.85. The number of halogens is 1. The molecule has 0 aliphatic carbocycles. The quantitative estimate of drug-likeness (QED) is 0.754. The van der Waals surface area contributed by atoms with Gasteiger partial charge in [0.15, 0.2) is 0 Å². The van der Waals surface area contributed by atoms with E-state index in [1.165, 1.54) is 12.1 Å². The van der Waals surface area contributed by atoms with Gasteiger partial charge in [0, 0.05) is 5.69 Å². The summed E-state index contributed by atoms with van der Waals surface area (Å²) in [6, 6.07) is 3.45. The Balaban J connectivity index is 2.64. The first kappa shape index (κ1) is 13.4. The highest BCUT2D eigenvalue weighted by atomic mass is 19.1. The summed E-state index contributed by atoms with van der Waals surface area (Å²) in [6.45, 7) is 3.51. The van der Waals surface area contributed by atoms with Crippen LogP contribution in [0.3, 0.4) is 0 Å². The lowest BCUT2D eigenvalue weighted by molar-refractivity contribution is 0.222. The largest absolute Gasteiger partial charge is 0.394 e. The average Bonchev–Trinajstić information content (AvgIpc) is 2.31. The van der Waals surface area contributed by atoms with Gasteiger partial charge in [0.1, 0.15) is 5.82 Å². The molecule has 94 valence electrons. The molecule has 5 heteroatoms. The van der Waals surface area contributed by atoms with E-state index in [0.717, 1.165) is 5.56 Å². The molecule has 0 heterocycles. The van der Waals surface area contributed by atoms with Crippen LogP contribution in [0.4, 0.5) is 14.9 Å². The number of benzene rings is 1. The zero-order chi connectivity index (χ0) is 12.8. The minimum atomic E-state index is -0.445. The summed E-state index contributed by atoms with van der Waals surface area (Å²) in [4.78, 5) is 11.5. The second kappa shape index (κ2) is 6.20. The van der Waals surface area contributed by atoms with E-state index in [1.807, 2.05) is 6.92 Å². The van der Waals surface area contributed by atoms with E-state index in [0.29, 0.717) is 12.1 Å². The number of hydrogen-bond acceptors (Lipinski definition) is 2. The van der Waals surface area contributed by atoms with E-state index < -0.39 is 11.8 Å². The number of amides is 2. The van der Waals surface area contributed by atoms with Crippen LogP contribution >= 0.6 is 0 Å². The van der Waals surface area contributed by atoms with Crippen LogP contribution in [0.25, 0.3) is 0 Å². The first-order chi connectivity index (χ1) is 8.06. The molecule has 0 saturated carbocycles. The van der Waals surface area contributed by atoms with Crippen LogP contribution in [0.1, 0.15) is 18.9 Å². The van der Waals surface area contributed by atoms with Crippen molar-refractivity contribution >= 4 is 11.7 Å². The summed E-state index contributed by atoms with van der Waals surface area (Å²) in [5, 5.41) is 14.1. The lowest BCUT2D eigenvalue weighted by atomic mass is 10.2. The SMILES string of the molecule is CCC(CO)NC(=O)Nc1cc(F)ccc1C. The van der Waals surface area contributed by atoms with Crippen molar-refractivity contribution in [2.24, 2.45) is 0 Å². The van der Waals surface area contributed by atoms with Gasteiger partial charge in [-0.2, -0.15) is 0 Å². The Bertz CT molecular complexity index is 392. The van der Waals surface area contributed by atoms with Crippen molar-refractivity contribution in [1.29, 1.82) is 0 Å². The summed E-state index contributed by atoms with van der Waals surface area (Å²) in [7, 11) is 0. The van der Waals surface area contributed by atoms with E-state index in [9.17, 15) is 9.18 Å². The van der Waals surface area contributed by atoms with E-state index in [-0.39, 0.29) is 12.6 Å². The van der Waals surface area contributed by atoms with Gasteiger partial charge in [-0.15, -0.1) is 0 Å². The molecule has 0 bridgehead atoms. The van der Waals surface area contributed by atoms with Gasteiger partial charge in [-0.05, 0) is 31.0 Å². The number of hydrogen-bond donors (Lipinski definition) is 3. The van der Waals surface area contributed by atoms with Crippen LogP contribution in [0.2, 0.25) is 0 Å². The molecule has 0 fully saturated rings. The fourth-order valence-corrected chi connectivity index (χ4v) is 1.35. The molecule has 4 nitrogen and oxygen atoms in total. The molecule has 0 aromatic heterocycles. The Morgan fingerprint density at radius 2 is 2.24 bits per heavy atom. The maximum absolute atomic E-state index is 13.0. The highest BCUT2D eigenvalue weighted by Gasteiger charge is 2.10. The van der Waals surface area contributed by atoms with Gasteiger partial charge in [-0.3, -0.25) is 0 Å². The molecule has 2 amide bonds. The van der Waals surface area contributed by atoms with Gasteiger partial charge in [-0.1, -0.05) is 13.0 Å². The first-order valence-corrected chi connectivity index (χ1v) is 5.51. The Morgan fingerprint density at radius 3 is 2.82 bits per heavy atom. The van der Waals surface area contributed by atoms with Crippen LogP contribution in [0, 0.1) is 12.7 Å². The number of aliphatic hydroxyl groups excluding tert-OH is 1. The molecule has 0 radical (unpaired) electrons. The van der Waals surface area contributed by atoms with Gasteiger partial charge in [0.05, 0.1) is 12.6 Å². The number of aryl methyl sites for hydroxylation is 1. The Kier molecular flexibility index (Phi) is 4.90. The molecular formula is C12H17FN2O2. The summed E-state index contributed by atoms with van der Waals surface area (Å²) in [5.41, 5.74) is 1.20. The number of urea groups is 1. The van der Waals surface area contributed by atoms with Crippen LogP contribution in [0.15, 0.2) is 18.2 Å². The Labute approximate surface area is 99.8 Å². The van der Waals surface area contributed by atoms with Crippen molar-refractivity contribution in [2.45, 2.75) is 26.3 Å². The third-order valence-electron chi connectivity index (χ3n) is 2.50. The molecule has 1 rings (SSSR count). The van der Waals surface area contributed by atoms with Crippen molar-refractivity contribution in [2.75, 3.05) is 11.9 Å². The zero-order valence-corrected chi connectivity index (χ0v) is 9.96. The van der Waals surface area contributed by atoms with Crippen LogP contribution in [-0.4, -0.2) is 23.8 Å². The van der Waals surface area contributed by atoms with Gasteiger partial charge < -0.3 is 15.7 Å². The van der Waals surface area contributed by atoms with E-state index >= 15 is 0 Å². The smallest absolute Gasteiger partial charge is 0.319 e. The molecule has 1 aromatic carbocycles. The zero-order valence-electron chi connectivity index (χ0n) is 9.96. The van der Waals surface area contributed by atoms with Crippen LogP contribution in [-0.2, 0) is 0 Å². The van der Waals surface area contributed by atoms with Gasteiger partial charge in [-0.25, -0.2) is 9.18 Å². The van der Waals surface area contributed by atoms with Crippen molar-refractivity contribution in [3.8, 4) is 0 Å². The van der Waals surface area contributed by atoms with Gasteiger partial charge >= 0.3 is 6.03 Å². The number of carbonyl (C=O) groups excluding carboxylic acids is 1. The fourth-order valence-electron chi connectivity index (χ4n) is 1.35. The fraction of sp³-hybridized carbons (Fsp3) is 0.417. The van der Waals surface area contributed by atoms with Crippen molar-refractivity contribution in [3.63, 3.8) is 0 Å². The number of anilines is 1. The maximum Gasteiger partial charge on any atom is 0.319 e. The topological polar surface area (TPSA) is 61.4 Å². The minimum Gasteiger partial charge on any atom is -0.394 e. The summed E-state index contributed by atoms with van der Waals surface area (Å²) >= 11 is 0. The molecule has 17 heavy (non-hydrogen) atoms. The highest BCUT2D eigenvalue weighted by Crippen LogP contribution is 2.15. The van der Waals surface area contributed by atoms with Crippen molar-refractivity contribution in [3.05, 3.63) is 29.6 Å².